The molecule has 1 aromatic carbocycles. The van der Waals surface area contributed by atoms with E-state index < -0.39 is 0 Å². The maximum absolute atomic E-state index is 4.51. The third-order valence-electron chi connectivity index (χ3n) is 5.13. The average molecular weight is 452 g/mol. The van der Waals surface area contributed by atoms with Gasteiger partial charge in [0.2, 0.25) is 0 Å². The Morgan fingerprint density at radius 2 is 2.12 bits per heavy atom. The van der Waals surface area contributed by atoms with Crippen LogP contribution in [0.5, 0.6) is 0 Å². The summed E-state index contributed by atoms with van der Waals surface area (Å²) in [6.45, 7) is 4.96. The van der Waals surface area contributed by atoms with Gasteiger partial charge in [-0.05, 0) is 37.3 Å². The van der Waals surface area contributed by atoms with Crippen molar-refractivity contribution >= 4 is 35.6 Å². The summed E-state index contributed by atoms with van der Waals surface area (Å²) in [5, 5.41) is 12.0. The molecule has 1 atom stereocenters. The molecule has 1 aromatic heterocycles. The molecule has 134 valence electrons. The minimum Gasteiger partial charge on any atom is -0.356 e. The van der Waals surface area contributed by atoms with Crippen LogP contribution >= 0.6 is 24.0 Å². The van der Waals surface area contributed by atoms with Crippen LogP contribution < -0.4 is 10.2 Å². The van der Waals surface area contributed by atoms with E-state index in [1.807, 2.05) is 14.0 Å². The van der Waals surface area contributed by atoms with Gasteiger partial charge in [-0.2, -0.15) is 0 Å². The van der Waals surface area contributed by atoms with Gasteiger partial charge >= 0.3 is 0 Å². The maximum Gasteiger partial charge on any atom is 0.198 e. The Morgan fingerprint density at radius 3 is 2.96 bits per heavy atom. The Hall–Kier alpha value is -1.64. The molecule has 0 bridgehead atoms. The number of rotatable bonds is 2. The number of aliphatic imine (C=N–C) groups is 1. The van der Waals surface area contributed by atoms with Crippen LogP contribution in [0.15, 0.2) is 29.3 Å². The first-order chi connectivity index (χ1) is 11.8. The number of para-hydroxylation sites is 1. The Bertz CT molecular complexity index is 769. The second-order valence-electron chi connectivity index (χ2n) is 6.64. The summed E-state index contributed by atoms with van der Waals surface area (Å²) in [5.74, 6) is 3.71. The normalized spacial score (nSPS) is 19.2. The van der Waals surface area contributed by atoms with Gasteiger partial charge in [-0.15, -0.1) is 34.2 Å². The van der Waals surface area contributed by atoms with E-state index in [9.17, 15) is 0 Å². The highest BCUT2D eigenvalue weighted by molar-refractivity contribution is 14.0. The summed E-state index contributed by atoms with van der Waals surface area (Å²) >= 11 is 0. The van der Waals surface area contributed by atoms with Crippen LogP contribution in [0.3, 0.4) is 0 Å². The van der Waals surface area contributed by atoms with E-state index in [1.165, 1.54) is 11.3 Å². The lowest BCUT2D eigenvalue weighted by molar-refractivity contribution is 0.359. The Labute approximate surface area is 165 Å². The number of hydrogen-bond donors (Lipinski definition) is 1. The number of aryl methyl sites for hydroxylation is 2. The van der Waals surface area contributed by atoms with Crippen LogP contribution in [-0.4, -0.2) is 40.9 Å². The van der Waals surface area contributed by atoms with Crippen molar-refractivity contribution < 1.29 is 0 Å². The molecule has 0 saturated carbocycles. The molecule has 3 heterocycles. The van der Waals surface area contributed by atoms with E-state index in [0.717, 1.165) is 56.5 Å². The van der Waals surface area contributed by atoms with Crippen LogP contribution in [0, 0.1) is 12.8 Å². The van der Waals surface area contributed by atoms with E-state index in [4.69, 9.17) is 0 Å². The third-order valence-corrected chi connectivity index (χ3v) is 5.13. The van der Waals surface area contributed by atoms with E-state index in [1.54, 1.807) is 0 Å². The van der Waals surface area contributed by atoms with Crippen molar-refractivity contribution in [1.29, 1.82) is 0 Å². The summed E-state index contributed by atoms with van der Waals surface area (Å²) in [6.07, 6.45) is 3.25. The standard InChI is InChI=1S/C18H24N6.HI/c1-13-21-22-17-8-7-14(12-24(13)17)11-20-18(19-2)23-10-9-15-5-3-4-6-16(15)23;/h3-6,14H,7-12H2,1-2H3,(H,19,20);1H. The molecule has 1 unspecified atom stereocenters. The number of halogens is 1. The second kappa shape index (κ2) is 7.72. The number of nitrogens with one attached hydrogen (secondary N) is 1. The molecule has 25 heavy (non-hydrogen) atoms. The van der Waals surface area contributed by atoms with Crippen molar-refractivity contribution in [2.45, 2.75) is 32.7 Å². The minimum absolute atomic E-state index is 0. The molecule has 0 radical (unpaired) electrons. The van der Waals surface area contributed by atoms with E-state index in [0.29, 0.717) is 5.92 Å². The first-order valence-corrected chi connectivity index (χ1v) is 8.71. The highest BCUT2D eigenvalue weighted by atomic mass is 127. The second-order valence-corrected chi connectivity index (χ2v) is 6.64. The topological polar surface area (TPSA) is 58.3 Å². The monoisotopic (exact) mass is 452 g/mol. The molecule has 0 aliphatic carbocycles. The summed E-state index contributed by atoms with van der Waals surface area (Å²) in [5.41, 5.74) is 2.69. The van der Waals surface area contributed by atoms with Crippen LogP contribution in [0.1, 0.15) is 23.6 Å². The van der Waals surface area contributed by atoms with E-state index in [2.05, 4.69) is 54.2 Å². The fourth-order valence-corrected chi connectivity index (χ4v) is 3.79. The lowest BCUT2D eigenvalue weighted by Crippen LogP contribution is -2.43. The van der Waals surface area contributed by atoms with Crippen LogP contribution in [0.4, 0.5) is 5.69 Å². The number of guanidine groups is 1. The van der Waals surface area contributed by atoms with Crippen molar-refractivity contribution in [3.8, 4) is 0 Å². The molecule has 2 aliphatic rings. The van der Waals surface area contributed by atoms with Crippen LogP contribution in [0.2, 0.25) is 0 Å². The van der Waals surface area contributed by atoms with Gasteiger partial charge in [0.15, 0.2) is 5.96 Å². The fourth-order valence-electron chi connectivity index (χ4n) is 3.79. The summed E-state index contributed by atoms with van der Waals surface area (Å²) < 4.78 is 2.25. The first kappa shape index (κ1) is 18.2. The maximum atomic E-state index is 4.51. The zero-order chi connectivity index (χ0) is 16.5. The highest BCUT2D eigenvalue weighted by Crippen LogP contribution is 2.27. The molecule has 0 saturated heterocycles. The SMILES string of the molecule is CN=C(NCC1CCc2nnc(C)n2C1)N1CCc2ccccc21.I. The van der Waals surface area contributed by atoms with Gasteiger partial charge in [-0.1, -0.05) is 18.2 Å². The van der Waals surface area contributed by atoms with Crippen LogP contribution in [-0.2, 0) is 19.4 Å². The predicted octanol–water partition coefficient (Wildman–Crippen LogP) is 2.41. The number of fused-ring (bicyclic) bond motifs is 2. The number of aromatic nitrogens is 3. The van der Waals surface area contributed by atoms with Crippen molar-refractivity contribution in [2.75, 3.05) is 25.0 Å². The molecule has 0 fully saturated rings. The highest BCUT2D eigenvalue weighted by Gasteiger charge is 2.25. The zero-order valence-electron chi connectivity index (χ0n) is 14.8. The molecular formula is C18H25IN6. The van der Waals surface area contributed by atoms with Gasteiger partial charge in [0, 0.05) is 38.8 Å². The van der Waals surface area contributed by atoms with Gasteiger partial charge in [-0.25, -0.2) is 0 Å². The van der Waals surface area contributed by atoms with E-state index >= 15 is 0 Å². The van der Waals surface area contributed by atoms with Gasteiger partial charge in [-0.3, -0.25) is 4.99 Å². The van der Waals surface area contributed by atoms with Crippen molar-refractivity contribution in [3.05, 3.63) is 41.5 Å². The molecule has 2 aromatic rings. The van der Waals surface area contributed by atoms with E-state index in [-0.39, 0.29) is 24.0 Å². The number of benzene rings is 1. The smallest absolute Gasteiger partial charge is 0.198 e. The fraction of sp³-hybridized carbons (Fsp3) is 0.500. The Kier molecular flexibility index (Phi) is 5.61. The molecule has 6 nitrogen and oxygen atoms in total. The molecule has 0 amide bonds. The summed E-state index contributed by atoms with van der Waals surface area (Å²) in [4.78, 5) is 6.80. The summed E-state index contributed by atoms with van der Waals surface area (Å²) in [7, 11) is 1.87. The average Bonchev–Trinajstić information content (AvgIpc) is 3.20. The minimum atomic E-state index is 0. The van der Waals surface area contributed by atoms with Gasteiger partial charge < -0.3 is 14.8 Å². The molecule has 0 spiro atoms. The lowest BCUT2D eigenvalue weighted by Gasteiger charge is -2.27. The number of hydrogen-bond acceptors (Lipinski definition) is 3. The van der Waals surface area contributed by atoms with Gasteiger partial charge in [0.1, 0.15) is 11.6 Å². The Morgan fingerprint density at radius 1 is 1.28 bits per heavy atom. The molecular weight excluding hydrogens is 427 g/mol. The number of nitrogens with zero attached hydrogens (tertiary/aromatic N) is 5. The molecule has 4 rings (SSSR count). The number of anilines is 1. The zero-order valence-corrected chi connectivity index (χ0v) is 17.1. The Balaban J connectivity index is 0.00000182. The first-order valence-electron chi connectivity index (χ1n) is 8.71. The quantitative estimate of drug-likeness (QED) is 0.432. The summed E-state index contributed by atoms with van der Waals surface area (Å²) in [6, 6.07) is 8.60. The van der Waals surface area contributed by atoms with Crippen molar-refractivity contribution in [1.82, 2.24) is 20.1 Å². The molecule has 7 heteroatoms. The predicted molar refractivity (Wildman–Crippen MR) is 111 cm³/mol. The third kappa shape index (κ3) is 3.51. The lowest BCUT2D eigenvalue weighted by atomic mass is 9.99. The van der Waals surface area contributed by atoms with Gasteiger partial charge in [0.05, 0.1) is 0 Å². The molecule has 1 N–H and O–H groups in total. The van der Waals surface area contributed by atoms with Gasteiger partial charge in [0.25, 0.3) is 0 Å². The molecule has 2 aliphatic heterocycles. The van der Waals surface area contributed by atoms with Crippen molar-refractivity contribution in [3.63, 3.8) is 0 Å². The van der Waals surface area contributed by atoms with Crippen LogP contribution in [0.25, 0.3) is 0 Å². The largest absolute Gasteiger partial charge is 0.356 e. The van der Waals surface area contributed by atoms with Crippen molar-refractivity contribution in [2.24, 2.45) is 10.9 Å².